The number of morpholine rings is 1. The Labute approximate surface area is 198 Å². The number of benzene rings is 2. The largest absolute Gasteiger partial charge is 0.379 e. The summed E-state index contributed by atoms with van der Waals surface area (Å²) in [5, 5.41) is 2.43. The molecule has 2 heterocycles. The maximum Gasteiger partial charge on any atom is 0.260 e. The van der Waals surface area contributed by atoms with Crippen molar-refractivity contribution in [2.75, 3.05) is 37.7 Å². The van der Waals surface area contributed by atoms with Crippen LogP contribution in [0.25, 0.3) is 11.3 Å². The molecule has 4 rings (SSSR count). The van der Waals surface area contributed by atoms with E-state index in [1.807, 2.05) is 35.7 Å². The van der Waals surface area contributed by atoms with E-state index in [-0.39, 0.29) is 17.3 Å². The molecule has 0 spiro atoms. The average Bonchev–Trinajstić information content (AvgIpc) is 3.33. The lowest BCUT2D eigenvalue weighted by molar-refractivity contribution is 0.0730. The van der Waals surface area contributed by atoms with Gasteiger partial charge in [-0.05, 0) is 24.6 Å². The van der Waals surface area contributed by atoms with Crippen LogP contribution < -0.4 is 4.90 Å². The van der Waals surface area contributed by atoms with E-state index in [2.05, 4.69) is 11.6 Å². The average molecular weight is 484 g/mol. The first-order valence-corrected chi connectivity index (χ1v) is 12.9. The van der Waals surface area contributed by atoms with Crippen LogP contribution in [-0.4, -0.2) is 56.5 Å². The summed E-state index contributed by atoms with van der Waals surface area (Å²) in [4.78, 5) is 19.9. The fourth-order valence-corrected chi connectivity index (χ4v) is 5.86. The number of rotatable bonds is 7. The monoisotopic (exact) mass is 483 g/mol. The molecule has 3 aromatic rings. The maximum absolute atomic E-state index is 13.6. The Morgan fingerprint density at radius 1 is 1.21 bits per heavy atom. The maximum atomic E-state index is 13.6. The van der Waals surface area contributed by atoms with Gasteiger partial charge in [-0.1, -0.05) is 42.5 Å². The Morgan fingerprint density at radius 3 is 2.64 bits per heavy atom. The van der Waals surface area contributed by atoms with Gasteiger partial charge in [0, 0.05) is 36.1 Å². The van der Waals surface area contributed by atoms with Crippen LogP contribution in [0.2, 0.25) is 0 Å². The van der Waals surface area contributed by atoms with E-state index >= 15 is 0 Å². The smallest absolute Gasteiger partial charge is 0.260 e. The number of aromatic nitrogens is 1. The summed E-state index contributed by atoms with van der Waals surface area (Å²) in [5.41, 5.74) is 2.75. The molecule has 2 aromatic carbocycles. The Hall–Kier alpha value is -2.85. The highest BCUT2D eigenvalue weighted by atomic mass is 32.2. The van der Waals surface area contributed by atoms with Crippen LogP contribution in [-0.2, 0) is 14.8 Å². The number of amides is 1. The summed E-state index contributed by atoms with van der Waals surface area (Å²) in [5.74, 6) is -0.319. The SMILES string of the molecule is C=CCN(C(=O)c1cc(S(=O)(=O)N2CCOCC2)ccc1C)c1nc(-c2ccccc2)cs1. The van der Waals surface area contributed by atoms with Crippen molar-refractivity contribution >= 4 is 32.4 Å². The zero-order valence-corrected chi connectivity index (χ0v) is 19.9. The molecule has 1 amide bonds. The van der Waals surface area contributed by atoms with Crippen molar-refractivity contribution in [3.63, 3.8) is 0 Å². The van der Waals surface area contributed by atoms with Gasteiger partial charge in [0.05, 0.1) is 23.8 Å². The van der Waals surface area contributed by atoms with Gasteiger partial charge in [0.15, 0.2) is 5.13 Å². The van der Waals surface area contributed by atoms with Crippen molar-refractivity contribution in [1.82, 2.24) is 9.29 Å². The molecule has 172 valence electrons. The number of nitrogens with zero attached hydrogens (tertiary/aromatic N) is 3. The van der Waals surface area contributed by atoms with Gasteiger partial charge >= 0.3 is 0 Å². The second-order valence-corrected chi connectivity index (χ2v) is 10.4. The van der Waals surface area contributed by atoms with Crippen molar-refractivity contribution in [2.24, 2.45) is 0 Å². The molecule has 1 aromatic heterocycles. The fraction of sp³-hybridized carbons (Fsp3) is 0.250. The van der Waals surface area contributed by atoms with Crippen LogP contribution in [0.15, 0.2) is 71.5 Å². The minimum atomic E-state index is -3.72. The zero-order chi connectivity index (χ0) is 23.4. The third-order valence-corrected chi connectivity index (χ3v) is 8.15. The number of hydrogen-bond acceptors (Lipinski definition) is 6. The van der Waals surface area contributed by atoms with Crippen LogP contribution in [0.4, 0.5) is 5.13 Å². The molecule has 0 radical (unpaired) electrons. The first-order chi connectivity index (χ1) is 15.9. The predicted octanol–water partition coefficient (Wildman–Crippen LogP) is 3.97. The first kappa shape index (κ1) is 23.3. The third-order valence-electron chi connectivity index (χ3n) is 5.40. The lowest BCUT2D eigenvalue weighted by Crippen LogP contribution is -2.40. The standard InChI is InChI=1S/C24H25N3O4S2/c1-3-11-27(24-25-22(17-32-24)19-7-5-4-6-8-19)23(28)21-16-20(10-9-18(21)2)33(29,30)26-12-14-31-15-13-26/h3-10,16-17H,1,11-15H2,2H3. The summed E-state index contributed by atoms with van der Waals surface area (Å²) >= 11 is 1.36. The number of sulfonamides is 1. The molecule has 0 atom stereocenters. The van der Waals surface area contributed by atoms with E-state index in [1.165, 1.54) is 26.6 Å². The van der Waals surface area contributed by atoms with Gasteiger partial charge in [0.1, 0.15) is 0 Å². The van der Waals surface area contributed by atoms with Crippen molar-refractivity contribution in [1.29, 1.82) is 0 Å². The predicted molar refractivity (Wildman–Crippen MR) is 130 cm³/mol. The second-order valence-electron chi connectivity index (χ2n) is 7.58. The van der Waals surface area contributed by atoms with E-state index in [0.717, 1.165) is 11.3 Å². The lowest BCUT2D eigenvalue weighted by atomic mass is 10.1. The number of thiazole rings is 1. The molecule has 0 saturated carbocycles. The minimum absolute atomic E-state index is 0.0982. The molecule has 9 heteroatoms. The molecule has 7 nitrogen and oxygen atoms in total. The Kier molecular flexibility index (Phi) is 7.04. The van der Waals surface area contributed by atoms with E-state index in [1.54, 1.807) is 25.1 Å². The molecule has 0 N–H and O–H groups in total. The summed E-state index contributed by atoms with van der Waals surface area (Å²) in [6.07, 6.45) is 1.63. The summed E-state index contributed by atoms with van der Waals surface area (Å²) in [6.45, 7) is 7.13. The number of carbonyl (C=O) groups excluding carboxylic acids is 1. The number of anilines is 1. The van der Waals surface area contributed by atoms with Gasteiger partial charge in [-0.3, -0.25) is 9.69 Å². The van der Waals surface area contributed by atoms with Gasteiger partial charge in [0.25, 0.3) is 5.91 Å². The van der Waals surface area contributed by atoms with Gasteiger partial charge in [-0.25, -0.2) is 13.4 Å². The molecular formula is C24H25N3O4S2. The molecule has 1 aliphatic heterocycles. The second kappa shape index (κ2) is 9.96. The van der Waals surface area contributed by atoms with Crippen molar-refractivity contribution in [3.8, 4) is 11.3 Å². The van der Waals surface area contributed by atoms with Crippen LogP contribution in [0, 0.1) is 6.92 Å². The van der Waals surface area contributed by atoms with Crippen molar-refractivity contribution < 1.29 is 17.9 Å². The quantitative estimate of drug-likeness (QED) is 0.475. The van der Waals surface area contributed by atoms with Gasteiger partial charge in [-0.15, -0.1) is 17.9 Å². The highest BCUT2D eigenvalue weighted by Crippen LogP contribution is 2.29. The topological polar surface area (TPSA) is 79.8 Å². The van der Waals surface area contributed by atoms with E-state index in [0.29, 0.717) is 42.6 Å². The van der Waals surface area contributed by atoms with Crippen molar-refractivity contribution in [2.45, 2.75) is 11.8 Å². The highest BCUT2D eigenvalue weighted by molar-refractivity contribution is 7.89. The Morgan fingerprint density at radius 2 is 1.94 bits per heavy atom. The van der Waals surface area contributed by atoms with Gasteiger partial charge in [-0.2, -0.15) is 4.31 Å². The van der Waals surface area contributed by atoms with Crippen molar-refractivity contribution in [3.05, 3.63) is 77.7 Å². The number of carbonyl (C=O) groups is 1. The van der Waals surface area contributed by atoms with E-state index in [9.17, 15) is 13.2 Å². The van der Waals surface area contributed by atoms with Crippen LogP contribution in [0.3, 0.4) is 0 Å². The molecule has 0 unspecified atom stereocenters. The molecule has 0 aliphatic carbocycles. The fourth-order valence-electron chi connectivity index (χ4n) is 3.58. The molecule has 0 bridgehead atoms. The van der Waals surface area contributed by atoms with Crippen LogP contribution >= 0.6 is 11.3 Å². The molecule has 33 heavy (non-hydrogen) atoms. The first-order valence-electron chi connectivity index (χ1n) is 10.5. The highest BCUT2D eigenvalue weighted by Gasteiger charge is 2.29. The van der Waals surface area contributed by atoms with E-state index < -0.39 is 10.0 Å². The molecule has 1 saturated heterocycles. The number of ether oxygens (including phenoxy) is 1. The number of aryl methyl sites for hydroxylation is 1. The van der Waals surface area contributed by atoms with Crippen LogP contribution in [0.1, 0.15) is 15.9 Å². The summed E-state index contributed by atoms with van der Waals surface area (Å²) < 4.78 is 32.9. The minimum Gasteiger partial charge on any atom is -0.379 e. The Balaban J connectivity index is 1.67. The summed E-state index contributed by atoms with van der Waals surface area (Å²) in [7, 11) is -3.72. The number of hydrogen-bond donors (Lipinski definition) is 0. The molecule has 1 aliphatic rings. The van der Waals surface area contributed by atoms with Gasteiger partial charge in [0.2, 0.25) is 10.0 Å². The Bertz CT molecular complexity index is 1250. The lowest BCUT2D eigenvalue weighted by Gasteiger charge is -2.26. The third kappa shape index (κ3) is 4.91. The van der Waals surface area contributed by atoms with Gasteiger partial charge < -0.3 is 4.74 Å². The van der Waals surface area contributed by atoms with E-state index in [4.69, 9.17) is 4.74 Å². The molecule has 1 fully saturated rings. The normalized spacial score (nSPS) is 14.7. The summed E-state index contributed by atoms with van der Waals surface area (Å²) in [6, 6.07) is 14.4. The molecular weight excluding hydrogens is 458 g/mol. The zero-order valence-electron chi connectivity index (χ0n) is 18.3. The van der Waals surface area contributed by atoms with Crippen LogP contribution in [0.5, 0.6) is 0 Å².